The monoisotopic (exact) mass is 664 g/mol. The molecule has 51 heavy (non-hydrogen) atoms. The van der Waals surface area contributed by atoms with E-state index in [0.717, 1.165) is 6.42 Å². The Morgan fingerprint density at radius 1 is 0.392 bits per heavy atom. The molecule has 1 heteroatoms. The first-order valence-electron chi connectivity index (χ1n) is 17.9. The van der Waals surface area contributed by atoms with E-state index in [1.165, 1.54) is 103 Å². The zero-order valence-corrected chi connectivity index (χ0v) is 28.8. The maximum Gasteiger partial charge on any atom is 0.0379 e. The van der Waals surface area contributed by atoms with Crippen LogP contribution in [0.4, 0.5) is 0 Å². The normalized spacial score (nSPS) is 14.8. The molecular weight excluding hydrogens is 633 g/mol. The van der Waals surface area contributed by atoms with Gasteiger partial charge >= 0.3 is 0 Å². The van der Waals surface area contributed by atoms with Crippen molar-refractivity contribution in [1.82, 2.24) is 0 Å². The maximum atomic E-state index is 2.43. The van der Waals surface area contributed by atoms with Gasteiger partial charge in [-0.3, -0.25) is 0 Å². The molecule has 0 radical (unpaired) electrons. The van der Waals surface area contributed by atoms with Crippen molar-refractivity contribution < 1.29 is 0 Å². The van der Waals surface area contributed by atoms with Gasteiger partial charge in [0.15, 0.2) is 0 Å². The molecule has 11 rings (SSSR count). The minimum absolute atomic E-state index is 0.467. The lowest BCUT2D eigenvalue weighted by Crippen LogP contribution is -1.93. The lowest BCUT2D eigenvalue weighted by Gasteiger charge is -2.21. The molecular formula is C50H32S. The molecule has 0 saturated carbocycles. The molecule has 1 atom stereocenters. The van der Waals surface area contributed by atoms with E-state index in [1.54, 1.807) is 0 Å². The van der Waals surface area contributed by atoms with E-state index in [4.69, 9.17) is 0 Å². The summed E-state index contributed by atoms with van der Waals surface area (Å²) in [6, 6.07) is 63.4. The van der Waals surface area contributed by atoms with Crippen molar-refractivity contribution in [3.05, 3.63) is 187 Å². The maximum absolute atomic E-state index is 2.43. The van der Waals surface area contributed by atoms with Crippen LogP contribution in [0.3, 0.4) is 0 Å². The molecule has 238 valence electrons. The molecule has 0 fully saturated rings. The molecule has 0 saturated heterocycles. The first kappa shape index (κ1) is 28.9. The topological polar surface area (TPSA) is 0 Å². The second kappa shape index (κ2) is 11.3. The molecule has 10 aromatic carbocycles. The first-order valence-corrected chi connectivity index (χ1v) is 18.7. The Morgan fingerprint density at radius 3 is 1.63 bits per heavy atom. The number of thioether (sulfide) groups is 1. The Balaban J connectivity index is 1.14. The summed E-state index contributed by atoms with van der Waals surface area (Å²) in [5.74, 6) is 0. The van der Waals surface area contributed by atoms with Crippen LogP contribution in [-0.4, -0.2) is 0 Å². The molecule has 1 aliphatic rings. The summed E-state index contributed by atoms with van der Waals surface area (Å²) < 4.78 is 0. The van der Waals surface area contributed by atoms with Crippen LogP contribution in [0.15, 0.2) is 176 Å². The van der Waals surface area contributed by atoms with E-state index >= 15 is 0 Å². The number of rotatable bonds is 4. The quantitative estimate of drug-likeness (QED) is 0.133. The molecule has 1 aliphatic heterocycles. The van der Waals surface area contributed by atoms with E-state index in [9.17, 15) is 0 Å². The van der Waals surface area contributed by atoms with Crippen molar-refractivity contribution in [2.45, 2.75) is 11.7 Å². The van der Waals surface area contributed by atoms with Crippen LogP contribution in [0.25, 0.3) is 91.8 Å². The SMILES string of the molecule is C1=C(c2cccc(-c3c4ccccc4c(-c4ccc5c6cccc7cccc(c8cccc4c85)c76)c4ccccc34)c2)SC(c2ccccc2)C1. The van der Waals surface area contributed by atoms with Crippen molar-refractivity contribution in [3.8, 4) is 22.3 Å². The molecule has 0 spiro atoms. The molecule has 0 N–H and O–H groups in total. The zero-order valence-electron chi connectivity index (χ0n) is 27.9. The van der Waals surface area contributed by atoms with Crippen molar-refractivity contribution in [1.29, 1.82) is 0 Å². The van der Waals surface area contributed by atoms with Crippen LogP contribution in [0.2, 0.25) is 0 Å². The lowest BCUT2D eigenvalue weighted by molar-refractivity contribution is 0.991. The fourth-order valence-electron chi connectivity index (χ4n) is 8.94. The fraction of sp³-hybridized carbons (Fsp3) is 0.0400. The molecule has 0 bridgehead atoms. The first-order chi connectivity index (χ1) is 25.3. The highest BCUT2D eigenvalue weighted by Crippen LogP contribution is 2.51. The predicted octanol–water partition coefficient (Wildman–Crippen LogP) is 14.6. The highest BCUT2D eigenvalue weighted by molar-refractivity contribution is 8.08. The van der Waals surface area contributed by atoms with Crippen LogP contribution in [0.5, 0.6) is 0 Å². The van der Waals surface area contributed by atoms with Crippen LogP contribution < -0.4 is 0 Å². The van der Waals surface area contributed by atoms with Gasteiger partial charge in [0.05, 0.1) is 0 Å². The third kappa shape index (κ3) is 4.35. The van der Waals surface area contributed by atoms with Crippen molar-refractivity contribution in [2.24, 2.45) is 0 Å². The predicted molar refractivity (Wildman–Crippen MR) is 223 cm³/mol. The standard InChI is InChI=1S/C50H32S/c1-2-12-31(13-3-1)45-28-29-46(51-45)33-16-8-17-34(30-33)48-35-18-4-6-20-39(35)49(40-21-7-5-19-36(40)48)44-27-26-43-38-23-10-15-32-14-9-22-37(47(32)38)41-24-11-25-42(44)50(41)43/h1-27,29-30,45H,28H2. The minimum atomic E-state index is 0.467. The summed E-state index contributed by atoms with van der Waals surface area (Å²) in [5, 5.41) is 16.2. The number of hydrogen-bond donors (Lipinski definition) is 0. The van der Waals surface area contributed by atoms with E-state index in [2.05, 4.69) is 176 Å². The summed E-state index contributed by atoms with van der Waals surface area (Å²) in [7, 11) is 0. The van der Waals surface area contributed by atoms with Gasteiger partial charge in [-0.25, -0.2) is 0 Å². The Bertz CT molecular complexity index is 2920. The second-order valence-corrected chi connectivity index (χ2v) is 15.1. The summed E-state index contributed by atoms with van der Waals surface area (Å²) in [4.78, 5) is 1.37. The highest BCUT2D eigenvalue weighted by atomic mass is 32.2. The van der Waals surface area contributed by atoms with Gasteiger partial charge in [0.1, 0.15) is 0 Å². The minimum Gasteiger partial charge on any atom is -0.117 e. The van der Waals surface area contributed by atoms with Gasteiger partial charge < -0.3 is 0 Å². The number of hydrogen-bond acceptors (Lipinski definition) is 1. The smallest absolute Gasteiger partial charge is 0.0379 e. The van der Waals surface area contributed by atoms with Crippen LogP contribution >= 0.6 is 11.8 Å². The molecule has 0 aliphatic carbocycles. The van der Waals surface area contributed by atoms with Crippen LogP contribution in [0.1, 0.15) is 22.8 Å². The average Bonchev–Trinajstić information content (AvgIpc) is 3.70. The summed E-state index contributed by atoms with van der Waals surface area (Å²) in [6.45, 7) is 0. The number of allylic oxidation sites excluding steroid dienone is 1. The third-order valence-corrected chi connectivity index (χ3v) is 12.5. The average molecular weight is 665 g/mol. The summed E-state index contributed by atoms with van der Waals surface area (Å²) in [6.07, 6.45) is 3.49. The summed E-state index contributed by atoms with van der Waals surface area (Å²) >= 11 is 1.99. The van der Waals surface area contributed by atoms with Gasteiger partial charge in [-0.05, 0) is 111 Å². The van der Waals surface area contributed by atoms with Crippen molar-refractivity contribution >= 4 is 81.3 Å². The Hall–Kier alpha value is -5.89. The fourth-order valence-corrected chi connectivity index (χ4v) is 10.2. The molecule has 0 amide bonds. The van der Waals surface area contributed by atoms with Gasteiger partial charge in [0.2, 0.25) is 0 Å². The molecule has 1 unspecified atom stereocenters. The molecule has 1 heterocycles. The van der Waals surface area contributed by atoms with Gasteiger partial charge in [0, 0.05) is 10.2 Å². The number of benzene rings is 10. The summed E-state index contributed by atoms with van der Waals surface area (Å²) in [5.41, 5.74) is 7.86. The Kier molecular flexibility index (Phi) is 6.41. The van der Waals surface area contributed by atoms with Gasteiger partial charge in [-0.15, -0.1) is 11.8 Å². The number of fused-ring (bicyclic) bond motifs is 4. The molecule has 10 aromatic rings. The Morgan fingerprint density at radius 2 is 0.922 bits per heavy atom. The second-order valence-electron chi connectivity index (χ2n) is 13.8. The van der Waals surface area contributed by atoms with Crippen LogP contribution in [-0.2, 0) is 0 Å². The van der Waals surface area contributed by atoms with Gasteiger partial charge in [-0.2, -0.15) is 0 Å². The highest BCUT2D eigenvalue weighted by Gasteiger charge is 2.23. The van der Waals surface area contributed by atoms with Gasteiger partial charge in [0.25, 0.3) is 0 Å². The third-order valence-electron chi connectivity index (χ3n) is 11.1. The van der Waals surface area contributed by atoms with E-state index in [0.29, 0.717) is 5.25 Å². The lowest BCUT2D eigenvalue weighted by atomic mass is 9.82. The van der Waals surface area contributed by atoms with Crippen molar-refractivity contribution in [3.63, 3.8) is 0 Å². The van der Waals surface area contributed by atoms with E-state index in [1.807, 2.05) is 11.8 Å². The van der Waals surface area contributed by atoms with E-state index in [-0.39, 0.29) is 0 Å². The molecule has 0 aromatic heterocycles. The van der Waals surface area contributed by atoms with Gasteiger partial charge in [-0.1, -0.05) is 170 Å². The molecule has 0 nitrogen and oxygen atoms in total. The zero-order chi connectivity index (χ0) is 33.5. The largest absolute Gasteiger partial charge is 0.117 e. The van der Waals surface area contributed by atoms with E-state index < -0.39 is 0 Å². The Labute approximate surface area is 301 Å². The van der Waals surface area contributed by atoms with Crippen LogP contribution in [0, 0.1) is 0 Å². The van der Waals surface area contributed by atoms with Crippen molar-refractivity contribution in [2.75, 3.05) is 0 Å².